The van der Waals surface area contributed by atoms with Crippen molar-refractivity contribution < 1.29 is 9.90 Å². The van der Waals surface area contributed by atoms with Crippen molar-refractivity contribution in [1.82, 2.24) is 9.38 Å². The normalized spacial score (nSPS) is 10.4. The van der Waals surface area contributed by atoms with Crippen LogP contribution in [0.2, 0.25) is 0 Å². The Kier molecular flexibility index (Phi) is 3.11. The standard InChI is InChI=1S/C11H8BrN3O2/c12-7-2-1-5-15-9(3-4-10(16)17)14-8(6-13)11(7)15/h1-2,5H,3-4H2,(H,16,17). The van der Waals surface area contributed by atoms with E-state index >= 15 is 0 Å². The van der Waals surface area contributed by atoms with Gasteiger partial charge in [-0.3, -0.25) is 4.79 Å². The number of halogens is 1. The molecule has 0 aromatic carbocycles. The van der Waals surface area contributed by atoms with Crippen LogP contribution in [0.3, 0.4) is 0 Å². The fourth-order valence-electron chi connectivity index (χ4n) is 1.63. The van der Waals surface area contributed by atoms with E-state index in [9.17, 15) is 4.79 Å². The van der Waals surface area contributed by atoms with Crippen LogP contribution in [0.25, 0.3) is 5.52 Å². The van der Waals surface area contributed by atoms with Gasteiger partial charge in [0.15, 0.2) is 5.69 Å². The minimum Gasteiger partial charge on any atom is -0.481 e. The van der Waals surface area contributed by atoms with Gasteiger partial charge in [-0.05, 0) is 28.1 Å². The van der Waals surface area contributed by atoms with Crippen molar-refractivity contribution in [2.45, 2.75) is 12.8 Å². The van der Waals surface area contributed by atoms with Crippen LogP contribution in [0.5, 0.6) is 0 Å². The summed E-state index contributed by atoms with van der Waals surface area (Å²) in [6.45, 7) is 0. The fraction of sp³-hybridized carbons (Fsp3) is 0.182. The highest BCUT2D eigenvalue weighted by Crippen LogP contribution is 2.22. The number of rotatable bonds is 3. The Hall–Kier alpha value is -1.87. The van der Waals surface area contributed by atoms with Crippen molar-refractivity contribution in [2.75, 3.05) is 0 Å². The number of hydrogen-bond donors (Lipinski definition) is 1. The quantitative estimate of drug-likeness (QED) is 0.939. The number of fused-ring (bicyclic) bond motifs is 1. The van der Waals surface area contributed by atoms with Crippen molar-refractivity contribution in [3.05, 3.63) is 34.3 Å². The summed E-state index contributed by atoms with van der Waals surface area (Å²) in [5.41, 5.74) is 0.980. The molecular formula is C11H8BrN3O2. The molecule has 2 rings (SSSR count). The molecule has 6 heteroatoms. The number of pyridine rings is 1. The topological polar surface area (TPSA) is 78.4 Å². The van der Waals surface area contributed by atoms with Crippen LogP contribution < -0.4 is 0 Å². The first kappa shape index (κ1) is 11.6. The number of imidazole rings is 1. The molecule has 0 aliphatic rings. The van der Waals surface area contributed by atoms with Gasteiger partial charge in [-0.15, -0.1) is 0 Å². The number of carbonyl (C=O) groups is 1. The van der Waals surface area contributed by atoms with Gasteiger partial charge >= 0.3 is 5.97 Å². The molecule has 0 aliphatic carbocycles. The summed E-state index contributed by atoms with van der Waals surface area (Å²) in [6.07, 6.45) is 2.07. The largest absolute Gasteiger partial charge is 0.481 e. The Labute approximate surface area is 105 Å². The zero-order chi connectivity index (χ0) is 12.4. The molecule has 2 heterocycles. The Morgan fingerprint density at radius 3 is 3.06 bits per heavy atom. The smallest absolute Gasteiger partial charge is 0.303 e. The molecule has 1 N–H and O–H groups in total. The second kappa shape index (κ2) is 4.55. The highest BCUT2D eigenvalue weighted by Gasteiger charge is 2.13. The first-order valence-corrected chi connectivity index (χ1v) is 5.70. The molecule has 0 atom stereocenters. The molecule has 0 amide bonds. The van der Waals surface area contributed by atoms with Gasteiger partial charge in [0.25, 0.3) is 0 Å². The van der Waals surface area contributed by atoms with Crippen LogP contribution in [0.15, 0.2) is 22.8 Å². The summed E-state index contributed by atoms with van der Waals surface area (Å²) in [4.78, 5) is 14.7. The number of carboxylic acid groups (broad SMARTS) is 1. The maximum absolute atomic E-state index is 10.5. The monoisotopic (exact) mass is 293 g/mol. The summed E-state index contributed by atoms with van der Waals surface area (Å²) in [5.74, 6) is -0.296. The number of nitriles is 1. The highest BCUT2D eigenvalue weighted by molar-refractivity contribution is 9.10. The van der Waals surface area contributed by atoms with Crippen LogP contribution in [0.4, 0.5) is 0 Å². The molecule has 5 nitrogen and oxygen atoms in total. The summed E-state index contributed by atoms with van der Waals surface area (Å²) in [5, 5.41) is 17.6. The molecule has 0 fully saturated rings. The molecule has 17 heavy (non-hydrogen) atoms. The molecule has 0 spiro atoms. The van der Waals surface area contributed by atoms with E-state index in [1.807, 2.05) is 18.2 Å². The number of aryl methyl sites for hydroxylation is 1. The molecule has 0 unspecified atom stereocenters. The second-order valence-electron chi connectivity index (χ2n) is 3.46. The van der Waals surface area contributed by atoms with Gasteiger partial charge in [-0.2, -0.15) is 5.26 Å². The third kappa shape index (κ3) is 2.15. The van der Waals surface area contributed by atoms with Gasteiger partial charge in [-0.1, -0.05) is 0 Å². The predicted molar refractivity (Wildman–Crippen MR) is 63.6 cm³/mol. The van der Waals surface area contributed by atoms with Gasteiger partial charge in [0.05, 0.1) is 11.9 Å². The minimum absolute atomic E-state index is 0.00348. The zero-order valence-electron chi connectivity index (χ0n) is 8.72. The highest BCUT2D eigenvalue weighted by atomic mass is 79.9. The zero-order valence-corrected chi connectivity index (χ0v) is 10.3. The van der Waals surface area contributed by atoms with E-state index in [4.69, 9.17) is 10.4 Å². The lowest BCUT2D eigenvalue weighted by molar-refractivity contribution is -0.137. The van der Waals surface area contributed by atoms with Crippen molar-refractivity contribution in [2.24, 2.45) is 0 Å². The molecule has 86 valence electrons. The van der Waals surface area contributed by atoms with Gasteiger partial charge < -0.3 is 9.51 Å². The van der Waals surface area contributed by atoms with Gasteiger partial charge in [-0.25, -0.2) is 4.98 Å². The van der Waals surface area contributed by atoms with Gasteiger partial charge in [0.2, 0.25) is 0 Å². The third-order valence-corrected chi connectivity index (χ3v) is 3.00. The number of carboxylic acids is 1. The van der Waals surface area contributed by atoms with E-state index < -0.39 is 5.97 Å². The van der Waals surface area contributed by atoms with Crippen molar-refractivity contribution in [3.63, 3.8) is 0 Å². The first-order valence-electron chi connectivity index (χ1n) is 4.91. The third-order valence-electron chi connectivity index (χ3n) is 2.36. The molecule has 2 aromatic rings. The van der Waals surface area contributed by atoms with E-state index in [0.29, 0.717) is 23.5 Å². The summed E-state index contributed by atoms with van der Waals surface area (Å²) in [6, 6.07) is 5.64. The van der Waals surface area contributed by atoms with Crippen molar-refractivity contribution in [1.29, 1.82) is 5.26 Å². The summed E-state index contributed by atoms with van der Waals surface area (Å²) >= 11 is 3.35. The number of hydrogen-bond acceptors (Lipinski definition) is 3. The van der Waals surface area contributed by atoms with E-state index in [0.717, 1.165) is 4.47 Å². The molecule has 0 saturated heterocycles. The number of aliphatic carboxylic acids is 1. The average molecular weight is 294 g/mol. The maximum Gasteiger partial charge on any atom is 0.303 e. The first-order chi connectivity index (χ1) is 8.13. The molecule has 2 aromatic heterocycles. The summed E-state index contributed by atoms with van der Waals surface area (Å²) < 4.78 is 2.51. The summed E-state index contributed by atoms with van der Waals surface area (Å²) in [7, 11) is 0. The molecule has 0 radical (unpaired) electrons. The number of aromatic nitrogens is 2. The van der Waals surface area contributed by atoms with Crippen LogP contribution in [0, 0.1) is 11.3 Å². The second-order valence-corrected chi connectivity index (χ2v) is 4.31. The van der Waals surface area contributed by atoms with Crippen LogP contribution >= 0.6 is 15.9 Å². The van der Waals surface area contributed by atoms with Crippen molar-refractivity contribution >= 4 is 27.4 Å². The maximum atomic E-state index is 10.5. The molecular weight excluding hydrogens is 286 g/mol. The number of nitrogens with zero attached hydrogens (tertiary/aromatic N) is 3. The van der Waals surface area contributed by atoms with Crippen LogP contribution in [-0.2, 0) is 11.2 Å². The van der Waals surface area contributed by atoms with E-state index in [1.54, 1.807) is 10.6 Å². The average Bonchev–Trinajstić information content (AvgIpc) is 2.66. The Bertz CT molecular complexity index is 627. The molecule has 0 saturated carbocycles. The molecule has 0 aliphatic heterocycles. The van der Waals surface area contributed by atoms with E-state index in [2.05, 4.69) is 20.9 Å². The van der Waals surface area contributed by atoms with Crippen LogP contribution in [-0.4, -0.2) is 20.5 Å². The Morgan fingerprint density at radius 2 is 2.41 bits per heavy atom. The minimum atomic E-state index is -0.879. The Balaban J connectivity index is 2.55. The predicted octanol–water partition coefficient (Wildman–Crippen LogP) is 1.99. The SMILES string of the molecule is N#Cc1nc(CCC(=O)O)n2cccc(Br)c12. The van der Waals surface area contributed by atoms with Crippen LogP contribution in [0.1, 0.15) is 17.9 Å². The van der Waals surface area contributed by atoms with Gasteiger partial charge in [0, 0.05) is 17.1 Å². The fourth-order valence-corrected chi connectivity index (χ4v) is 2.16. The van der Waals surface area contributed by atoms with Crippen molar-refractivity contribution in [3.8, 4) is 6.07 Å². The van der Waals surface area contributed by atoms with E-state index in [-0.39, 0.29) is 6.42 Å². The van der Waals surface area contributed by atoms with E-state index in [1.165, 1.54) is 0 Å². The van der Waals surface area contributed by atoms with Gasteiger partial charge in [0.1, 0.15) is 11.9 Å². The Morgan fingerprint density at radius 1 is 1.65 bits per heavy atom. The lowest BCUT2D eigenvalue weighted by Crippen LogP contribution is -2.01. The lowest BCUT2D eigenvalue weighted by atomic mass is 10.3. The molecule has 0 bridgehead atoms. The lowest BCUT2D eigenvalue weighted by Gasteiger charge is -2.00.